The van der Waals surface area contributed by atoms with E-state index in [4.69, 9.17) is 11.6 Å². The molecule has 0 bridgehead atoms. The molecule has 174 valence electrons. The maximum Gasteiger partial charge on any atom is 0.231 e. The number of halogens is 1. The molecule has 0 radical (unpaired) electrons. The second-order valence-electron chi connectivity index (χ2n) is 10.1. The number of hydrogen-bond donors (Lipinski definition) is 2. The normalized spacial score (nSPS) is 31.3. The molecular formula is C25H30ClN5O2. The van der Waals surface area contributed by atoms with Crippen LogP contribution >= 0.6 is 11.6 Å². The van der Waals surface area contributed by atoms with Gasteiger partial charge in [-0.1, -0.05) is 30.7 Å². The highest BCUT2D eigenvalue weighted by Gasteiger charge is 2.53. The standard InChI is InChI=1S/C25H30ClN5O2/c1-14-10-19(32)23-20(14)24(29-13-28-23)30-6-8-31(9-7-30)25(33)21(15-2-4-17(26)5-3-15)22-18-11-16(18)12-27-22/h2-5,13-14,16,18-19,21-22,27,32H,6-12H2,1H3/t14-,16?,18?,19-,21?,22+/m1/s1. The maximum atomic E-state index is 13.8. The van der Waals surface area contributed by atoms with E-state index in [1.165, 1.54) is 6.42 Å². The number of carbonyl (C=O) groups is 1. The number of nitrogens with zero attached hydrogens (tertiary/aromatic N) is 4. The molecule has 4 aliphatic rings. The van der Waals surface area contributed by atoms with Crippen LogP contribution in [-0.2, 0) is 4.79 Å². The minimum atomic E-state index is -0.509. The number of aliphatic hydroxyl groups is 1. The molecule has 1 aromatic carbocycles. The lowest BCUT2D eigenvalue weighted by Gasteiger charge is -2.39. The zero-order chi connectivity index (χ0) is 22.7. The molecule has 2 aliphatic carbocycles. The van der Waals surface area contributed by atoms with Crippen LogP contribution in [0.1, 0.15) is 54.5 Å². The lowest BCUT2D eigenvalue weighted by atomic mass is 9.87. The van der Waals surface area contributed by atoms with E-state index in [9.17, 15) is 9.90 Å². The third-order valence-corrected chi connectivity index (χ3v) is 8.33. The summed E-state index contributed by atoms with van der Waals surface area (Å²) in [6.07, 6.45) is 2.97. The van der Waals surface area contributed by atoms with Gasteiger partial charge >= 0.3 is 0 Å². The summed E-state index contributed by atoms with van der Waals surface area (Å²) >= 11 is 6.13. The number of amides is 1. The molecule has 2 aromatic rings. The monoisotopic (exact) mass is 467 g/mol. The molecular weight excluding hydrogens is 438 g/mol. The van der Waals surface area contributed by atoms with Gasteiger partial charge in [-0.3, -0.25) is 4.79 Å². The number of anilines is 1. The number of piperazine rings is 1. The fourth-order valence-corrected chi connectivity index (χ4v) is 6.34. The van der Waals surface area contributed by atoms with Crippen LogP contribution in [0.15, 0.2) is 30.6 Å². The molecule has 0 spiro atoms. The highest BCUT2D eigenvalue weighted by atomic mass is 35.5. The van der Waals surface area contributed by atoms with Crippen LogP contribution in [0.4, 0.5) is 5.82 Å². The zero-order valence-electron chi connectivity index (χ0n) is 18.8. The number of rotatable bonds is 4. The molecule has 6 atom stereocenters. The van der Waals surface area contributed by atoms with Gasteiger partial charge in [-0.25, -0.2) is 9.97 Å². The van der Waals surface area contributed by atoms with Crippen molar-refractivity contribution in [3.63, 3.8) is 0 Å². The Hall–Kier alpha value is -2.22. The van der Waals surface area contributed by atoms with Gasteiger partial charge < -0.3 is 20.2 Å². The molecule has 7 nitrogen and oxygen atoms in total. The molecule has 2 aliphatic heterocycles. The van der Waals surface area contributed by atoms with Gasteiger partial charge in [-0.05, 0) is 54.8 Å². The minimum absolute atomic E-state index is 0.176. The number of hydrogen-bond acceptors (Lipinski definition) is 6. The lowest BCUT2D eigenvalue weighted by Crippen LogP contribution is -2.52. The van der Waals surface area contributed by atoms with Crippen LogP contribution in [0.25, 0.3) is 0 Å². The second-order valence-corrected chi connectivity index (χ2v) is 10.5. The minimum Gasteiger partial charge on any atom is -0.387 e. The van der Waals surface area contributed by atoms with E-state index < -0.39 is 6.10 Å². The topological polar surface area (TPSA) is 81.6 Å². The van der Waals surface area contributed by atoms with Gasteiger partial charge in [0.15, 0.2) is 0 Å². The number of aromatic nitrogens is 2. The average molecular weight is 468 g/mol. The van der Waals surface area contributed by atoms with E-state index in [-0.39, 0.29) is 23.8 Å². The summed E-state index contributed by atoms with van der Waals surface area (Å²) < 4.78 is 0. The average Bonchev–Trinajstić information content (AvgIpc) is 3.41. The van der Waals surface area contributed by atoms with Crippen molar-refractivity contribution in [3.8, 4) is 0 Å². The van der Waals surface area contributed by atoms with Crippen molar-refractivity contribution in [1.29, 1.82) is 0 Å². The van der Waals surface area contributed by atoms with Gasteiger partial charge in [0.05, 0.1) is 17.7 Å². The zero-order valence-corrected chi connectivity index (χ0v) is 19.6. The summed E-state index contributed by atoms with van der Waals surface area (Å²) in [7, 11) is 0. The Morgan fingerprint density at radius 2 is 1.91 bits per heavy atom. The van der Waals surface area contributed by atoms with Gasteiger partial charge in [-0.2, -0.15) is 0 Å². The van der Waals surface area contributed by atoms with Gasteiger partial charge in [0.25, 0.3) is 0 Å². The van der Waals surface area contributed by atoms with Crippen LogP contribution < -0.4 is 10.2 Å². The van der Waals surface area contributed by atoms with Crippen molar-refractivity contribution < 1.29 is 9.90 Å². The third-order valence-electron chi connectivity index (χ3n) is 8.08. The largest absolute Gasteiger partial charge is 0.387 e. The summed E-state index contributed by atoms with van der Waals surface area (Å²) in [6.45, 7) is 5.94. The molecule has 6 rings (SSSR count). The lowest BCUT2D eigenvalue weighted by molar-refractivity contribution is -0.134. The van der Waals surface area contributed by atoms with E-state index >= 15 is 0 Å². The predicted molar refractivity (Wildman–Crippen MR) is 126 cm³/mol. The molecule has 33 heavy (non-hydrogen) atoms. The molecule has 3 unspecified atom stereocenters. The third kappa shape index (κ3) is 3.70. The Morgan fingerprint density at radius 3 is 2.58 bits per heavy atom. The first-order valence-corrected chi connectivity index (χ1v) is 12.4. The highest BCUT2D eigenvalue weighted by molar-refractivity contribution is 6.30. The Morgan fingerprint density at radius 1 is 1.15 bits per heavy atom. The number of benzene rings is 1. The van der Waals surface area contributed by atoms with E-state index in [2.05, 4.69) is 27.1 Å². The number of nitrogens with one attached hydrogen (secondary N) is 1. The summed E-state index contributed by atoms with van der Waals surface area (Å²) in [5.74, 6) is 2.52. The van der Waals surface area contributed by atoms with Crippen molar-refractivity contribution in [2.75, 3.05) is 37.6 Å². The molecule has 2 saturated heterocycles. The summed E-state index contributed by atoms with van der Waals surface area (Å²) in [6, 6.07) is 8.00. The Balaban J connectivity index is 1.20. The van der Waals surface area contributed by atoms with Gasteiger partial charge in [0.2, 0.25) is 5.91 Å². The highest BCUT2D eigenvalue weighted by Crippen LogP contribution is 2.49. The first-order chi connectivity index (χ1) is 16.0. The molecule has 1 amide bonds. The molecule has 1 saturated carbocycles. The Labute approximate surface area is 199 Å². The van der Waals surface area contributed by atoms with Crippen molar-refractivity contribution in [3.05, 3.63) is 52.4 Å². The van der Waals surface area contributed by atoms with Crippen LogP contribution in [-0.4, -0.2) is 64.6 Å². The quantitative estimate of drug-likeness (QED) is 0.719. The number of fused-ring (bicyclic) bond motifs is 2. The van der Waals surface area contributed by atoms with Crippen LogP contribution in [0.3, 0.4) is 0 Å². The summed E-state index contributed by atoms with van der Waals surface area (Å²) in [4.78, 5) is 27.0. The van der Waals surface area contributed by atoms with Crippen molar-refractivity contribution in [2.45, 2.75) is 43.7 Å². The number of aliphatic hydroxyl groups excluding tert-OH is 1. The SMILES string of the molecule is C[C@@H]1C[C@@H](O)c2ncnc(N3CCN(C(=O)C(c4ccc(Cl)cc4)[C@H]4NCC5CC54)CC3)c21. The van der Waals surface area contributed by atoms with Crippen molar-refractivity contribution >= 4 is 23.3 Å². The van der Waals surface area contributed by atoms with Crippen LogP contribution in [0.2, 0.25) is 5.02 Å². The van der Waals surface area contributed by atoms with E-state index in [1.807, 2.05) is 29.2 Å². The van der Waals surface area contributed by atoms with Crippen molar-refractivity contribution in [2.24, 2.45) is 11.8 Å². The van der Waals surface area contributed by atoms with Crippen LogP contribution in [0.5, 0.6) is 0 Å². The summed E-state index contributed by atoms with van der Waals surface area (Å²) in [5, 5.41) is 14.7. The van der Waals surface area contributed by atoms with E-state index in [0.717, 1.165) is 48.2 Å². The van der Waals surface area contributed by atoms with E-state index in [0.29, 0.717) is 30.5 Å². The van der Waals surface area contributed by atoms with Gasteiger partial charge in [-0.15, -0.1) is 0 Å². The molecule has 1 aromatic heterocycles. The predicted octanol–water partition coefficient (Wildman–Crippen LogP) is 2.71. The number of carbonyl (C=O) groups excluding carboxylic acids is 1. The number of piperidine rings is 1. The first kappa shape index (κ1) is 21.3. The molecule has 8 heteroatoms. The van der Waals surface area contributed by atoms with E-state index in [1.54, 1.807) is 6.33 Å². The fourth-order valence-electron chi connectivity index (χ4n) is 6.21. The second kappa shape index (κ2) is 8.22. The first-order valence-electron chi connectivity index (χ1n) is 12.1. The summed E-state index contributed by atoms with van der Waals surface area (Å²) in [5.41, 5.74) is 2.88. The smallest absolute Gasteiger partial charge is 0.231 e. The Kier molecular flexibility index (Phi) is 5.31. The maximum absolute atomic E-state index is 13.8. The molecule has 2 N–H and O–H groups in total. The Bertz CT molecular complexity index is 1060. The van der Waals surface area contributed by atoms with Gasteiger partial charge in [0, 0.05) is 42.8 Å². The van der Waals surface area contributed by atoms with Crippen molar-refractivity contribution in [1.82, 2.24) is 20.2 Å². The van der Waals surface area contributed by atoms with Gasteiger partial charge in [0.1, 0.15) is 12.1 Å². The van der Waals surface area contributed by atoms with Crippen LogP contribution in [0, 0.1) is 11.8 Å². The fraction of sp³-hybridized carbons (Fsp3) is 0.560. The molecule has 3 heterocycles. The molecule has 3 fully saturated rings.